The molecular weight excluding hydrogens is 344 g/mol. The van der Waals surface area contributed by atoms with E-state index in [4.69, 9.17) is 9.15 Å². The number of benzene rings is 2. The standard InChI is InChI=1S/C21H20N2O4/c1-21(2,27-17-7-4-3-5-8-17)20(25)23-16-12-10-15(11-13-16)22-19(24)18-9-6-14-26-18/h3-14H,1-2H3,(H,22,24)(H,23,25). The average molecular weight is 364 g/mol. The Morgan fingerprint density at radius 2 is 1.48 bits per heavy atom. The summed E-state index contributed by atoms with van der Waals surface area (Å²) in [6.45, 7) is 3.40. The molecule has 1 heterocycles. The van der Waals surface area contributed by atoms with Crippen molar-refractivity contribution in [2.45, 2.75) is 19.4 Å². The van der Waals surface area contributed by atoms with Crippen molar-refractivity contribution in [1.29, 1.82) is 0 Å². The van der Waals surface area contributed by atoms with Gasteiger partial charge in [0.15, 0.2) is 11.4 Å². The number of amides is 2. The van der Waals surface area contributed by atoms with Gasteiger partial charge < -0.3 is 19.8 Å². The molecule has 3 rings (SSSR count). The third kappa shape index (κ3) is 4.76. The molecular formula is C21H20N2O4. The first-order valence-electron chi connectivity index (χ1n) is 8.44. The van der Waals surface area contributed by atoms with Crippen LogP contribution in [-0.2, 0) is 4.79 Å². The summed E-state index contributed by atoms with van der Waals surface area (Å²) in [6, 6.07) is 19.2. The second kappa shape index (κ2) is 7.78. The van der Waals surface area contributed by atoms with E-state index >= 15 is 0 Å². The molecule has 6 nitrogen and oxygen atoms in total. The summed E-state index contributed by atoms with van der Waals surface area (Å²) >= 11 is 0. The maximum atomic E-state index is 12.5. The molecule has 0 fully saturated rings. The van der Waals surface area contributed by atoms with E-state index in [0.29, 0.717) is 17.1 Å². The lowest BCUT2D eigenvalue weighted by Gasteiger charge is -2.25. The van der Waals surface area contributed by atoms with Gasteiger partial charge in [0.05, 0.1) is 6.26 Å². The summed E-state index contributed by atoms with van der Waals surface area (Å²) in [5.74, 6) is 0.230. The lowest BCUT2D eigenvalue weighted by Crippen LogP contribution is -2.42. The van der Waals surface area contributed by atoms with Gasteiger partial charge in [0.25, 0.3) is 11.8 Å². The number of para-hydroxylation sites is 1. The molecule has 27 heavy (non-hydrogen) atoms. The van der Waals surface area contributed by atoms with Crippen LogP contribution in [0.1, 0.15) is 24.4 Å². The topological polar surface area (TPSA) is 80.6 Å². The van der Waals surface area contributed by atoms with Crippen molar-refractivity contribution < 1.29 is 18.7 Å². The van der Waals surface area contributed by atoms with Gasteiger partial charge in [-0.3, -0.25) is 9.59 Å². The minimum Gasteiger partial charge on any atom is -0.478 e. The molecule has 0 saturated carbocycles. The third-order valence-corrected chi connectivity index (χ3v) is 3.81. The fourth-order valence-corrected chi connectivity index (χ4v) is 2.35. The summed E-state index contributed by atoms with van der Waals surface area (Å²) in [5, 5.41) is 5.53. The van der Waals surface area contributed by atoms with Crippen LogP contribution >= 0.6 is 0 Å². The van der Waals surface area contributed by atoms with Gasteiger partial charge in [0.2, 0.25) is 0 Å². The van der Waals surface area contributed by atoms with Gasteiger partial charge in [-0.1, -0.05) is 18.2 Å². The Hall–Kier alpha value is -3.54. The SMILES string of the molecule is CC(C)(Oc1ccccc1)C(=O)Nc1ccc(NC(=O)c2ccco2)cc1. The van der Waals surface area contributed by atoms with Gasteiger partial charge in [-0.05, 0) is 62.4 Å². The van der Waals surface area contributed by atoms with E-state index in [2.05, 4.69) is 10.6 Å². The number of hydrogen-bond donors (Lipinski definition) is 2. The predicted octanol–water partition coefficient (Wildman–Crippen LogP) is 4.33. The van der Waals surface area contributed by atoms with Crippen molar-refractivity contribution in [2.24, 2.45) is 0 Å². The molecule has 0 bridgehead atoms. The highest BCUT2D eigenvalue weighted by Gasteiger charge is 2.30. The molecule has 1 aromatic heterocycles. The lowest BCUT2D eigenvalue weighted by atomic mass is 10.1. The molecule has 6 heteroatoms. The second-order valence-electron chi connectivity index (χ2n) is 6.39. The van der Waals surface area contributed by atoms with E-state index in [1.165, 1.54) is 6.26 Å². The monoisotopic (exact) mass is 364 g/mol. The van der Waals surface area contributed by atoms with Crippen molar-refractivity contribution in [3.63, 3.8) is 0 Å². The molecule has 0 saturated heterocycles. The molecule has 3 aromatic rings. The zero-order valence-corrected chi connectivity index (χ0v) is 15.1. The maximum Gasteiger partial charge on any atom is 0.291 e. The summed E-state index contributed by atoms with van der Waals surface area (Å²) in [4.78, 5) is 24.5. The molecule has 0 aliphatic heterocycles. The first kappa shape index (κ1) is 18.3. The van der Waals surface area contributed by atoms with Crippen LogP contribution in [0.3, 0.4) is 0 Å². The number of hydrogen-bond acceptors (Lipinski definition) is 4. The lowest BCUT2D eigenvalue weighted by molar-refractivity contribution is -0.128. The first-order valence-corrected chi connectivity index (χ1v) is 8.44. The van der Waals surface area contributed by atoms with Crippen molar-refractivity contribution in [3.05, 3.63) is 78.8 Å². The fraction of sp³-hybridized carbons (Fsp3) is 0.143. The van der Waals surface area contributed by atoms with E-state index in [9.17, 15) is 9.59 Å². The van der Waals surface area contributed by atoms with Crippen molar-refractivity contribution in [2.75, 3.05) is 10.6 Å². The van der Waals surface area contributed by atoms with Crippen LogP contribution in [0.2, 0.25) is 0 Å². The number of nitrogens with one attached hydrogen (secondary N) is 2. The molecule has 2 aromatic carbocycles. The summed E-state index contributed by atoms with van der Waals surface area (Å²) in [5.41, 5.74) is 0.142. The Bertz CT molecular complexity index is 901. The van der Waals surface area contributed by atoms with Crippen molar-refractivity contribution >= 4 is 23.2 Å². The van der Waals surface area contributed by atoms with Gasteiger partial charge in [0, 0.05) is 11.4 Å². The molecule has 0 aliphatic rings. The van der Waals surface area contributed by atoms with E-state index in [-0.39, 0.29) is 17.6 Å². The van der Waals surface area contributed by atoms with E-state index in [1.807, 2.05) is 18.2 Å². The van der Waals surface area contributed by atoms with Gasteiger partial charge in [-0.2, -0.15) is 0 Å². The van der Waals surface area contributed by atoms with Crippen LogP contribution in [0.25, 0.3) is 0 Å². The Morgan fingerprint density at radius 3 is 2.07 bits per heavy atom. The van der Waals surface area contributed by atoms with Crippen LogP contribution in [0.15, 0.2) is 77.4 Å². The number of anilines is 2. The maximum absolute atomic E-state index is 12.5. The van der Waals surface area contributed by atoms with Crippen LogP contribution in [0.4, 0.5) is 11.4 Å². The molecule has 0 radical (unpaired) electrons. The fourth-order valence-electron chi connectivity index (χ4n) is 2.35. The number of furan rings is 1. The largest absolute Gasteiger partial charge is 0.478 e. The highest BCUT2D eigenvalue weighted by atomic mass is 16.5. The summed E-state index contributed by atoms with van der Waals surface area (Å²) in [6.07, 6.45) is 1.44. The van der Waals surface area contributed by atoms with Gasteiger partial charge in [0.1, 0.15) is 5.75 Å². The Kier molecular flexibility index (Phi) is 5.26. The van der Waals surface area contributed by atoms with Crippen molar-refractivity contribution in [1.82, 2.24) is 0 Å². The smallest absolute Gasteiger partial charge is 0.291 e. The number of ether oxygens (including phenoxy) is 1. The highest BCUT2D eigenvalue weighted by molar-refractivity contribution is 6.02. The molecule has 0 unspecified atom stereocenters. The number of carbonyl (C=O) groups is 2. The Morgan fingerprint density at radius 1 is 0.852 bits per heavy atom. The van der Waals surface area contributed by atoms with Crippen LogP contribution < -0.4 is 15.4 Å². The van der Waals surface area contributed by atoms with Gasteiger partial charge >= 0.3 is 0 Å². The number of rotatable bonds is 6. The van der Waals surface area contributed by atoms with Gasteiger partial charge in [-0.25, -0.2) is 0 Å². The van der Waals surface area contributed by atoms with E-state index in [1.54, 1.807) is 62.4 Å². The van der Waals surface area contributed by atoms with Crippen LogP contribution in [0, 0.1) is 0 Å². The van der Waals surface area contributed by atoms with Crippen LogP contribution in [0.5, 0.6) is 5.75 Å². The molecule has 2 N–H and O–H groups in total. The second-order valence-corrected chi connectivity index (χ2v) is 6.39. The minimum absolute atomic E-state index is 0.229. The third-order valence-electron chi connectivity index (χ3n) is 3.81. The van der Waals surface area contributed by atoms with Crippen LogP contribution in [-0.4, -0.2) is 17.4 Å². The highest BCUT2D eigenvalue weighted by Crippen LogP contribution is 2.21. The summed E-state index contributed by atoms with van der Waals surface area (Å²) < 4.78 is 10.8. The van der Waals surface area contributed by atoms with Crippen molar-refractivity contribution in [3.8, 4) is 5.75 Å². The first-order chi connectivity index (χ1) is 12.9. The quantitative estimate of drug-likeness (QED) is 0.682. The Balaban J connectivity index is 1.60. The minimum atomic E-state index is -1.05. The zero-order valence-electron chi connectivity index (χ0n) is 15.1. The Labute approximate surface area is 157 Å². The molecule has 2 amide bonds. The van der Waals surface area contributed by atoms with E-state index in [0.717, 1.165) is 0 Å². The molecule has 138 valence electrons. The molecule has 0 aliphatic carbocycles. The molecule has 0 atom stereocenters. The normalized spacial score (nSPS) is 10.9. The van der Waals surface area contributed by atoms with E-state index < -0.39 is 5.60 Å². The predicted molar refractivity (Wildman–Crippen MR) is 103 cm³/mol. The molecule has 0 spiro atoms. The zero-order chi connectivity index (χ0) is 19.3. The summed E-state index contributed by atoms with van der Waals surface area (Å²) in [7, 11) is 0. The van der Waals surface area contributed by atoms with Gasteiger partial charge in [-0.15, -0.1) is 0 Å². The number of carbonyl (C=O) groups excluding carboxylic acids is 2. The average Bonchev–Trinajstić information content (AvgIpc) is 3.18.